The quantitative estimate of drug-likeness (QED) is 0.589. The van der Waals surface area contributed by atoms with Gasteiger partial charge in [-0.05, 0) is 37.0 Å². The maximum atomic E-state index is 11.0. The maximum absolute atomic E-state index is 11.0. The summed E-state index contributed by atoms with van der Waals surface area (Å²) in [6.45, 7) is 0. The van der Waals surface area contributed by atoms with Crippen LogP contribution in [0.3, 0.4) is 0 Å². The van der Waals surface area contributed by atoms with Crippen LogP contribution in [0.5, 0.6) is 5.75 Å². The molecule has 0 unspecified atom stereocenters. The van der Waals surface area contributed by atoms with Gasteiger partial charge in [0.1, 0.15) is 5.75 Å². The van der Waals surface area contributed by atoms with E-state index in [0.717, 1.165) is 12.2 Å². The molecule has 0 amide bonds. The van der Waals surface area contributed by atoms with Gasteiger partial charge in [0.2, 0.25) is 0 Å². The number of hydrogen-bond acceptors (Lipinski definition) is 3. The number of methoxy groups -OCH3 is 1. The summed E-state index contributed by atoms with van der Waals surface area (Å²) in [7, 11) is 1.59. The second kappa shape index (κ2) is 6.83. The molecule has 0 bridgehead atoms. The average Bonchev–Trinajstić information content (AvgIpc) is 2.45. The van der Waals surface area contributed by atoms with Crippen LogP contribution < -0.4 is 4.74 Å². The van der Waals surface area contributed by atoms with Crippen LogP contribution in [0.2, 0.25) is 0 Å². The van der Waals surface area contributed by atoms with Gasteiger partial charge in [0.05, 0.1) is 12.7 Å². The van der Waals surface area contributed by atoms with Crippen LogP contribution in [-0.4, -0.2) is 19.1 Å². The maximum Gasteiger partial charge on any atom is 0.153 e. The van der Waals surface area contributed by atoms with Gasteiger partial charge >= 0.3 is 0 Å². The lowest BCUT2D eigenvalue weighted by Gasteiger charge is -2.21. The Morgan fingerprint density at radius 3 is 2.78 bits per heavy atom. The smallest absolute Gasteiger partial charge is 0.153 e. The third kappa shape index (κ3) is 3.52. The van der Waals surface area contributed by atoms with Crippen molar-refractivity contribution < 1.29 is 9.53 Å². The second-order valence-corrected chi connectivity index (χ2v) is 5.93. The van der Waals surface area contributed by atoms with Crippen molar-refractivity contribution in [2.24, 2.45) is 5.92 Å². The number of carbonyl (C=O) groups excluding carboxylic acids is 1. The third-order valence-corrected chi connectivity index (χ3v) is 4.76. The first-order chi connectivity index (χ1) is 8.83. The van der Waals surface area contributed by atoms with E-state index in [0.29, 0.717) is 11.3 Å². The number of carbonyl (C=O) groups is 1. The van der Waals surface area contributed by atoms with Gasteiger partial charge in [-0.25, -0.2) is 0 Å². The molecular formula is C15H20O2S. The molecule has 2 rings (SSSR count). The van der Waals surface area contributed by atoms with E-state index in [9.17, 15) is 4.79 Å². The molecule has 1 fully saturated rings. The van der Waals surface area contributed by atoms with Crippen molar-refractivity contribution >= 4 is 18.0 Å². The lowest BCUT2D eigenvalue weighted by atomic mass is 9.91. The second-order valence-electron chi connectivity index (χ2n) is 4.84. The van der Waals surface area contributed by atoms with Crippen LogP contribution in [0.1, 0.15) is 42.5 Å². The number of rotatable bonds is 5. The van der Waals surface area contributed by atoms with E-state index in [1.807, 2.05) is 30.0 Å². The van der Waals surface area contributed by atoms with E-state index >= 15 is 0 Å². The Morgan fingerprint density at radius 1 is 1.33 bits per heavy atom. The molecule has 1 saturated carbocycles. The van der Waals surface area contributed by atoms with E-state index in [1.165, 1.54) is 42.8 Å². The molecule has 98 valence electrons. The molecule has 1 aromatic rings. The van der Waals surface area contributed by atoms with Crippen molar-refractivity contribution in [3.05, 3.63) is 23.8 Å². The predicted octanol–water partition coefficient (Wildman–Crippen LogP) is 4.18. The molecule has 18 heavy (non-hydrogen) atoms. The van der Waals surface area contributed by atoms with E-state index in [2.05, 4.69) is 0 Å². The molecule has 0 radical (unpaired) electrons. The number of hydrogen-bond donors (Lipinski definition) is 0. The van der Waals surface area contributed by atoms with Crippen LogP contribution in [-0.2, 0) is 0 Å². The summed E-state index contributed by atoms with van der Waals surface area (Å²) in [5.74, 6) is 2.68. The average molecular weight is 264 g/mol. The zero-order valence-electron chi connectivity index (χ0n) is 10.9. The van der Waals surface area contributed by atoms with E-state index < -0.39 is 0 Å². The van der Waals surface area contributed by atoms with Gasteiger partial charge < -0.3 is 4.74 Å². The van der Waals surface area contributed by atoms with Crippen molar-refractivity contribution in [2.75, 3.05) is 12.9 Å². The first kappa shape index (κ1) is 13.5. The van der Waals surface area contributed by atoms with Crippen LogP contribution >= 0.6 is 11.8 Å². The summed E-state index contributed by atoms with van der Waals surface area (Å²) in [5.41, 5.74) is 0.645. The SMILES string of the molecule is COc1ccc(SCC2CCCCC2)cc1C=O. The highest BCUT2D eigenvalue weighted by molar-refractivity contribution is 7.99. The van der Waals surface area contributed by atoms with Crippen LogP contribution in [0.25, 0.3) is 0 Å². The Kier molecular flexibility index (Phi) is 5.12. The summed E-state index contributed by atoms with van der Waals surface area (Å²) < 4.78 is 5.15. The number of ether oxygens (including phenoxy) is 1. The molecule has 1 aliphatic carbocycles. The summed E-state index contributed by atoms with van der Waals surface area (Å²) in [6.07, 6.45) is 7.76. The fourth-order valence-electron chi connectivity index (χ4n) is 2.46. The van der Waals surface area contributed by atoms with Gasteiger partial charge in [0, 0.05) is 10.6 Å². The first-order valence-corrected chi connectivity index (χ1v) is 7.58. The molecule has 0 spiro atoms. The lowest BCUT2D eigenvalue weighted by molar-refractivity contribution is 0.112. The monoisotopic (exact) mass is 264 g/mol. The minimum atomic E-state index is 0.645. The van der Waals surface area contributed by atoms with Gasteiger partial charge in [0.15, 0.2) is 6.29 Å². The van der Waals surface area contributed by atoms with Gasteiger partial charge in [-0.3, -0.25) is 4.79 Å². The fourth-order valence-corrected chi connectivity index (χ4v) is 3.60. The Hall–Kier alpha value is -0.960. The van der Waals surface area contributed by atoms with Crippen molar-refractivity contribution in [2.45, 2.75) is 37.0 Å². The van der Waals surface area contributed by atoms with Crippen LogP contribution in [0, 0.1) is 5.92 Å². The highest BCUT2D eigenvalue weighted by atomic mass is 32.2. The van der Waals surface area contributed by atoms with Crippen molar-refractivity contribution in [1.29, 1.82) is 0 Å². The number of thioether (sulfide) groups is 1. The minimum Gasteiger partial charge on any atom is -0.496 e. The standard InChI is InChI=1S/C15H20O2S/c1-17-15-8-7-14(9-13(15)10-16)18-11-12-5-3-2-4-6-12/h7-10,12H,2-6,11H2,1H3. The van der Waals surface area contributed by atoms with Crippen molar-refractivity contribution in [3.63, 3.8) is 0 Å². The Bertz CT molecular complexity index is 397. The predicted molar refractivity (Wildman–Crippen MR) is 75.7 cm³/mol. The zero-order valence-corrected chi connectivity index (χ0v) is 11.7. The minimum absolute atomic E-state index is 0.645. The topological polar surface area (TPSA) is 26.3 Å². The van der Waals surface area contributed by atoms with E-state index in [4.69, 9.17) is 4.74 Å². The summed E-state index contributed by atoms with van der Waals surface area (Å²) in [5, 5.41) is 0. The van der Waals surface area contributed by atoms with E-state index in [-0.39, 0.29) is 0 Å². The molecule has 0 atom stereocenters. The normalized spacial score (nSPS) is 16.5. The van der Waals surface area contributed by atoms with Gasteiger partial charge in [0.25, 0.3) is 0 Å². The van der Waals surface area contributed by atoms with Crippen LogP contribution in [0.4, 0.5) is 0 Å². The Balaban J connectivity index is 1.94. The van der Waals surface area contributed by atoms with Gasteiger partial charge in [-0.1, -0.05) is 19.3 Å². The van der Waals surface area contributed by atoms with Crippen molar-refractivity contribution in [3.8, 4) is 5.75 Å². The number of aldehydes is 1. The van der Waals surface area contributed by atoms with Crippen molar-refractivity contribution in [1.82, 2.24) is 0 Å². The Labute approximate surface area is 113 Å². The fraction of sp³-hybridized carbons (Fsp3) is 0.533. The molecule has 3 heteroatoms. The Morgan fingerprint density at radius 2 is 2.11 bits per heavy atom. The van der Waals surface area contributed by atoms with Gasteiger partial charge in [-0.15, -0.1) is 11.8 Å². The number of benzene rings is 1. The summed E-state index contributed by atoms with van der Waals surface area (Å²) in [6, 6.07) is 5.85. The lowest BCUT2D eigenvalue weighted by Crippen LogP contribution is -2.08. The molecule has 0 saturated heterocycles. The molecule has 0 aromatic heterocycles. The first-order valence-electron chi connectivity index (χ1n) is 6.59. The molecule has 1 aromatic carbocycles. The molecule has 1 aliphatic rings. The van der Waals surface area contributed by atoms with Gasteiger partial charge in [-0.2, -0.15) is 0 Å². The van der Waals surface area contributed by atoms with Crippen LogP contribution in [0.15, 0.2) is 23.1 Å². The third-order valence-electron chi connectivity index (χ3n) is 3.54. The molecule has 2 nitrogen and oxygen atoms in total. The molecule has 0 N–H and O–H groups in total. The highest BCUT2D eigenvalue weighted by Gasteiger charge is 2.14. The molecular weight excluding hydrogens is 244 g/mol. The summed E-state index contributed by atoms with van der Waals surface area (Å²) in [4.78, 5) is 12.1. The van der Waals surface area contributed by atoms with E-state index in [1.54, 1.807) is 7.11 Å². The molecule has 0 heterocycles. The zero-order chi connectivity index (χ0) is 12.8. The summed E-state index contributed by atoms with van der Waals surface area (Å²) >= 11 is 1.86. The largest absolute Gasteiger partial charge is 0.496 e. The molecule has 0 aliphatic heterocycles. The highest BCUT2D eigenvalue weighted by Crippen LogP contribution is 2.31.